The van der Waals surface area contributed by atoms with E-state index >= 15 is 0 Å². The molecule has 1 saturated heterocycles. The van der Waals surface area contributed by atoms with Gasteiger partial charge in [-0.2, -0.15) is 13.7 Å². The van der Waals surface area contributed by atoms with Crippen LogP contribution in [-0.4, -0.2) is 41.9 Å². The number of hydrogen-bond donors (Lipinski definition) is 0. The van der Waals surface area contributed by atoms with Crippen molar-refractivity contribution in [3.8, 4) is 5.88 Å². The molecule has 0 aliphatic carbocycles. The van der Waals surface area contributed by atoms with Crippen LogP contribution in [0.25, 0.3) is 0 Å². The molecular formula is C17H19F2N3O3S. The van der Waals surface area contributed by atoms with Gasteiger partial charge in [-0.3, -0.25) is 0 Å². The molecule has 0 spiro atoms. The molecule has 26 heavy (non-hydrogen) atoms. The van der Waals surface area contributed by atoms with Crippen LogP contribution < -0.4 is 4.74 Å². The third kappa shape index (κ3) is 3.99. The second-order valence-corrected chi connectivity index (χ2v) is 8.00. The summed E-state index contributed by atoms with van der Waals surface area (Å²) in [6.07, 6.45) is 1.51. The van der Waals surface area contributed by atoms with Gasteiger partial charge in [-0.25, -0.2) is 17.8 Å². The SMILES string of the molecule is CCc1ncnc(O[C@@H]2CCN(S(=O)(=O)Cc3ccccc3F)C2)c1F. The van der Waals surface area contributed by atoms with Crippen LogP contribution in [0.1, 0.15) is 24.6 Å². The second-order valence-electron chi connectivity index (χ2n) is 6.03. The molecule has 1 aliphatic rings. The van der Waals surface area contributed by atoms with Crippen molar-refractivity contribution >= 4 is 10.0 Å². The van der Waals surface area contributed by atoms with Crippen LogP contribution in [0.15, 0.2) is 30.6 Å². The van der Waals surface area contributed by atoms with E-state index in [1.807, 2.05) is 0 Å². The molecule has 140 valence electrons. The fraction of sp³-hybridized carbons (Fsp3) is 0.412. The Morgan fingerprint density at radius 1 is 1.27 bits per heavy atom. The number of benzene rings is 1. The van der Waals surface area contributed by atoms with Crippen LogP contribution in [0, 0.1) is 11.6 Å². The molecule has 1 atom stereocenters. The number of aromatic nitrogens is 2. The molecule has 0 bridgehead atoms. The number of ether oxygens (including phenoxy) is 1. The molecule has 1 fully saturated rings. The number of rotatable bonds is 6. The molecule has 3 rings (SSSR count). The summed E-state index contributed by atoms with van der Waals surface area (Å²) in [6.45, 7) is 2.07. The van der Waals surface area contributed by atoms with Gasteiger partial charge in [-0.15, -0.1) is 0 Å². The zero-order valence-electron chi connectivity index (χ0n) is 14.2. The van der Waals surface area contributed by atoms with Gasteiger partial charge in [0, 0.05) is 12.1 Å². The minimum atomic E-state index is -3.70. The molecule has 6 nitrogen and oxygen atoms in total. The predicted molar refractivity (Wildman–Crippen MR) is 91.0 cm³/mol. The van der Waals surface area contributed by atoms with E-state index in [-0.39, 0.29) is 30.2 Å². The average Bonchev–Trinajstić information content (AvgIpc) is 3.08. The summed E-state index contributed by atoms with van der Waals surface area (Å²) >= 11 is 0. The summed E-state index contributed by atoms with van der Waals surface area (Å²) in [4.78, 5) is 7.62. The number of nitrogens with zero attached hydrogens (tertiary/aromatic N) is 3. The maximum atomic E-state index is 14.2. The quantitative estimate of drug-likeness (QED) is 0.765. The van der Waals surface area contributed by atoms with Crippen molar-refractivity contribution in [2.24, 2.45) is 0 Å². The van der Waals surface area contributed by atoms with Crippen molar-refractivity contribution in [1.29, 1.82) is 0 Å². The van der Waals surface area contributed by atoms with E-state index < -0.39 is 33.5 Å². The third-order valence-corrected chi connectivity index (χ3v) is 6.03. The largest absolute Gasteiger partial charge is 0.471 e. The van der Waals surface area contributed by atoms with Crippen LogP contribution >= 0.6 is 0 Å². The van der Waals surface area contributed by atoms with Gasteiger partial charge >= 0.3 is 0 Å². The van der Waals surface area contributed by atoms with E-state index in [1.54, 1.807) is 13.0 Å². The predicted octanol–water partition coefficient (Wildman–Crippen LogP) is 2.30. The topological polar surface area (TPSA) is 72.4 Å². The van der Waals surface area contributed by atoms with E-state index in [4.69, 9.17) is 4.74 Å². The lowest BCUT2D eigenvalue weighted by Crippen LogP contribution is -2.32. The molecule has 0 radical (unpaired) electrons. The molecular weight excluding hydrogens is 364 g/mol. The minimum Gasteiger partial charge on any atom is -0.471 e. The number of halogens is 2. The van der Waals surface area contributed by atoms with E-state index in [9.17, 15) is 17.2 Å². The first kappa shape index (κ1) is 18.7. The number of aryl methyl sites for hydroxylation is 1. The van der Waals surface area contributed by atoms with Gasteiger partial charge in [-0.1, -0.05) is 25.1 Å². The van der Waals surface area contributed by atoms with Crippen molar-refractivity contribution in [1.82, 2.24) is 14.3 Å². The summed E-state index contributed by atoms with van der Waals surface area (Å²) in [5, 5.41) is 0. The molecule has 0 saturated carbocycles. The monoisotopic (exact) mass is 383 g/mol. The standard InChI is InChI=1S/C17H19F2N3O3S/c1-2-15-16(19)17(21-11-20-15)25-13-7-8-22(9-13)26(23,24)10-12-5-3-4-6-14(12)18/h3-6,11,13H,2,7-10H2,1H3/t13-/m1/s1. The highest BCUT2D eigenvalue weighted by Crippen LogP contribution is 2.24. The lowest BCUT2D eigenvalue weighted by atomic mass is 10.2. The zero-order chi connectivity index (χ0) is 18.7. The van der Waals surface area contributed by atoms with Gasteiger partial charge in [0.2, 0.25) is 15.8 Å². The van der Waals surface area contributed by atoms with Gasteiger partial charge < -0.3 is 4.74 Å². The van der Waals surface area contributed by atoms with Crippen LogP contribution in [0.4, 0.5) is 8.78 Å². The summed E-state index contributed by atoms with van der Waals surface area (Å²) in [7, 11) is -3.70. The molecule has 0 unspecified atom stereocenters. The van der Waals surface area contributed by atoms with Crippen molar-refractivity contribution in [2.75, 3.05) is 13.1 Å². The first-order valence-corrected chi connectivity index (χ1v) is 9.89. The molecule has 0 N–H and O–H groups in total. The minimum absolute atomic E-state index is 0.0711. The van der Waals surface area contributed by atoms with Gasteiger partial charge in [0.25, 0.3) is 5.88 Å². The highest BCUT2D eigenvalue weighted by atomic mass is 32.2. The van der Waals surface area contributed by atoms with Gasteiger partial charge in [0.05, 0.1) is 18.0 Å². The molecule has 1 aromatic carbocycles. The second kappa shape index (κ2) is 7.63. The van der Waals surface area contributed by atoms with Crippen LogP contribution in [0.2, 0.25) is 0 Å². The first-order valence-electron chi connectivity index (χ1n) is 8.28. The molecule has 0 amide bonds. The van der Waals surface area contributed by atoms with Crippen LogP contribution in [0.5, 0.6) is 5.88 Å². The van der Waals surface area contributed by atoms with E-state index in [0.29, 0.717) is 12.8 Å². The first-order chi connectivity index (χ1) is 12.4. The smallest absolute Gasteiger partial charge is 0.254 e. The van der Waals surface area contributed by atoms with Crippen LogP contribution in [-0.2, 0) is 22.2 Å². The van der Waals surface area contributed by atoms with Gasteiger partial charge in [0.15, 0.2) is 0 Å². The Labute approximate surface area is 150 Å². The van der Waals surface area contributed by atoms with E-state index in [1.165, 1.54) is 28.8 Å². The Bertz CT molecular complexity index is 893. The molecule has 9 heteroatoms. The molecule has 2 aromatic rings. The highest BCUT2D eigenvalue weighted by Gasteiger charge is 2.33. The number of hydrogen-bond acceptors (Lipinski definition) is 5. The normalized spacial score (nSPS) is 18.2. The third-order valence-electron chi connectivity index (χ3n) is 4.24. The number of sulfonamides is 1. The lowest BCUT2D eigenvalue weighted by molar-refractivity contribution is 0.195. The van der Waals surface area contributed by atoms with Crippen molar-refractivity contribution in [3.05, 3.63) is 53.5 Å². The Kier molecular flexibility index (Phi) is 5.47. The maximum absolute atomic E-state index is 14.2. The zero-order valence-corrected chi connectivity index (χ0v) is 15.0. The fourth-order valence-corrected chi connectivity index (χ4v) is 4.41. The molecule has 2 heterocycles. The Morgan fingerprint density at radius 2 is 2.04 bits per heavy atom. The Balaban J connectivity index is 1.67. The molecule has 1 aromatic heterocycles. The van der Waals surface area contributed by atoms with E-state index in [0.717, 1.165) is 0 Å². The van der Waals surface area contributed by atoms with Crippen molar-refractivity contribution < 1.29 is 21.9 Å². The van der Waals surface area contributed by atoms with Crippen molar-refractivity contribution in [3.63, 3.8) is 0 Å². The van der Waals surface area contributed by atoms with Gasteiger partial charge in [0.1, 0.15) is 18.2 Å². The Morgan fingerprint density at radius 3 is 2.77 bits per heavy atom. The summed E-state index contributed by atoms with van der Waals surface area (Å²) < 4.78 is 59.7. The summed E-state index contributed by atoms with van der Waals surface area (Å²) in [5.74, 6) is -1.77. The fourth-order valence-electron chi connectivity index (χ4n) is 2.82. The van der Waals surface area contributed by atoms with Gasteiger partial charge in [-0.05, 0) is 18.9 Å². The lowest BCUT2D eigenvalue weighted by Gasteiger charge is -2.17. The Hall–Kier alpha value is -2.13. The maximum Gasteiger partial charge on any atom is 0.254 e. The highest BCUT2D eigenvalue weighted by molar-refractivity contribution is 7.88. The summed E-state index contributed by atoms with van der Waals surface area (Å²) in [5.41, 5.74) is 0.364. The van der Waals surface area contributed by atoms with Crippen LogP contribution in [0.3, 0.4) is 0 Å². The average molecular weight is 383 g/mol. The van der Waals surface area contributed by atoms with Crippen molar-refractivity contribution in [2.45, 2.75) is 31.6 Å². The molecule has 1 aliphatic heterocycles. The van der Waals surface area contributed by atoms with E-state index in [2.05, 4.69) is 9.97 Å². The summed E-state index contributed by atoms with van der Waals surface area (Å²) in [6, 6.07) is 5.77.